The fraction of sp³-hybridized carbons (Fsp3) is 0.444. The van der Waals surface area contributed by atoms with Crippen molar-refractivity contribution in [2.24, 2.45) is 7.05 Å². The van der Waals surface area contributed by atoms with Gasteiger partial charge in [0.05, 0.1) is 42.0 Å². The predicted octanol–water partition coefficient (Wildman–Crippen LogP) is 4.75. The van der Waals surface area contributed by atoms with Crippen molar-refractivity contribution in [1.82, 2.24) is 24.3 Å². The largest absolute Gasteiger partial charge is 0.462 e. The van der Waals surface area contributed by atoms with Crippen molar-refractivity contribution in [2.45, 2.75) is 50.9 Å². The molecule has 2 fully saturated rings. The normalized spacial score (nSPS) is 19.9. The number of nitriles is 1. The van der Waals surface area contributed by atoms with Gasteiger partial charge in [0.2, 0.25) is 0 Å². The number of aryl methyl sites for hydroxylation is 1. The molecule has 2 atom stereocenters. The van der Waals surface area contributed by atoms with Gasteiger partial charge in [0.1, 0.15) is 19.0 Å². The highest BCUT2D eigenvalue weighted by molar-refractivity contribution is 5.92. The molecule has 2 aromatic heterocycles. The minimum absolute atomic E-state index is 0.197. The van der Waals surface area contributed by atoms with Gasteiger partial charge in [-0.05, 0) is 50.6 Å². The Kier molecular flexibility index (Phi) is 8.85. The number of likely N-dealkylation sites (tertiary alicyclic amines) is 1. The molecule has 3 aliphatic heterocycles. The lowest BCUT2D eigenvalue weighted by Crippen LogP contribution is -2.55. The first-order valence-electron chi connectivity index (χ1n) is 16.6. The number of hydrogen-bond donors (Lipinski definition) is 0. The van der Waals surface area contributed by atoms with Gasteiger partial charge in [0.25, 0.3) is 0 Å². The maximum atomic E-state index is 13.2. The molecule has 0 aliphatic carbocycles. The number of carbonyl (C=O) groups excluding carboxylic acids is 1. The van der Waals surface area contributed by atoms with Crippen molar-refractivity contribution in [1.29, 1.82) is 5.26 Å². The van der Waals surface area contributed by atoms with E-state index in [9.17, 15) is 10.1 Å². The molecule has 11 nitrogen and oxygen atoms in total. The highest BCUT2D eigenvalue weighted by atomic mass is 16.6. The molecule has 4 aromatic rings. The zero-order chi connectivity index (χ0) is 32.3. The Morgan fingerprint density at radius 2 is 1.85 bits per heavy atom. The smallest absolute Gasteiger partial charge is 0.410 e. The van der Waals surface area contributed by atoms with Crippen molar-refractivity contribution in [2.75, 3.05) is 56.2 Å². The quantitative estimate of drug-likeness (QED) is 0.272. The first-order chi connectivity index (χ1) is 23.0. The molecule has 0 N–H and O–H groups in total. The first kappa shape index (κ1) is 30.8. The van der Waals surface area contributed by atoms with Crippen LogP contribution in [0.1, 0.15) is 36.1 Å². The van der Waals surface area contributed by atoms with Crippen LogP contribution in [-0.2, 0) is 31.4 Å². The topological polar surface area (TPSA) is 103 Å². The number of carbonyl (C=O) groups is 1. The number of aromatic nitrogens is 3. The van der Waals surface area contributed by atoms with Gasteiger partial charge in [0.15, 0.2) is 0 Å². The van der Waals surface area contributed by atoms with Crippen LogP contribution in [0.4, 0.5) is 16.3 Å². The molecule has 47 heavy (non-hydrogen) atoms. The average Bonchev–Trinajstić information content (AvgIpc) is 3.70. The molecule has 2 aromatic carbocycles. The number of anilines is 2. The van der Waals surface area contributed by atoms with Crippen LogP contribution in [0.3, 0.4) is 0 Å². The molecule has 0 saturated carbocycles. The van der Waals surface area contributed by atoms with Crippen molar-refractivity contribution in [3.05, 3.63) is 77.6 Å². The number of benzene rings is 2. The van der Waals surface area contributed by atoms with Gasteiger partial charge in [0, 0.05) is 56.4 Å². The predicted molar refractivity (Wildman–Crippen MR) is 180 cm³/mol. The van der Waals surface area contributed by atoms with Gasteiger partial charge in [-0.3, -0.25) is 0 Å². The third kappa shape index (κ3) is 6.43. The second-order valence-corrected chi connectivity index (χ2v) is 12.9. The number of nitrogens with zero attached hydrogens (tertiary/aromatic N) is 8. The fourth-order valence-electron chi connectivity index (χ4n) is 7.24. The highest BCUT2D eigenvalue weighted by Gasteiger charge is 2.35. The molecule has 7 rings (SSSR count). The van der Waals surface area contributed by atoms with Crippen LogP contribution in [0.15, 0.2) is 60.8 Å². The number of ether oxygens (including phenoxy) is 2. The maximum absolute atomic E-state index is 13.2. The Morgan fingerprint density at radius 3 is 2.66 bits per heavy atom. The number of rotatable bonds is 8. The second kappa shape index (κ2) is 13.5. The van der Waals surface area contributed by atoms with E-state index in [-0.39, 0.29) is 19.1 Å². The molecule has 0 unspecified atom stereocenters. The first-order valence-corrected chi connectivity index (χ1v) is 16.6. The molecule has 11 heteroatoms. The molecule has 0 radical (unpaired) electrons. The van der Waals surface area contributed by atoms with Crippen LogP contribution >= 0.6 is 0 Å². The number of hydrogen-bond acceptors (Lipinski definition) is 9. The maximum Gasteiger partial charge on any atom is 0.410 e. The molecule has 5 heterocycles. The van der Waals surface area contributed by atoms with Gasteiger partial charge in [-0.1, -0.05) is 42.5 Å². The number of likely N-dealkylation sites (N-methyl/N-ethyl adjacent to an activating group) is 1. The van der Waals surface area contributed by atoms with Crippen LogP contribution in [0, 0.1) is 11.3 Å². The summed E-state index contributed by atoms with van der Waals surface area (Å²) in [4.78, 5) is 31.9. The summed E-state index contributed by atoms with van der Waals surface area (Å²) in [5.74, 6) is 0.849. The SMILES string of the molecule is CN1CCC[C@H]1COc1nc2c(c(N3CCN(C(=O)OCc4ccccc4)[C@@H](CC#N)C3)n1)CCN(c1cccc3ccn(C)c13)C2. The molecule has 0 bridgehead atoms. The Balaban J connectivity index is 1.15. The molecule has 2 saturated heterocycles. The van der Waals surface area contributed by atoms with E-state index in [1.807, 2.05) is 30.3 Å². The Labute approximate surface area is 275 Å². The van der Waals surface area contributed by atoms with Crippen LogP contribution in [0.25, 0.3) is 10.9 Å². The summed E-state index contributed by atoms with van der Waals surface area (Å²) in [5.41, 5.74) is 5.40. The summed E-state index contributed by atoms with van der Waals surface area (Å²) in [5, 5.41) is 10.9. The number of amides is 1. The van der Waals surface area contributed by atoms with Crippen LogP contribution in [-0.4, -0.2) is 88.9 Å². The summed E-state index contributed by atoms with van der Waals surface area (Å²) in [6.07, 6.45) is 4.95. The third-order valence-corrected chi connectivity index (χ3v) is 9.86. The van der Waals surface area contributed by atoms with Crippen LogP contribution in [0.5, 0.6) is 6.01 Å². The minimum Gasteiger partial charge on any atom is -0.462 e. The van der Waals surface area contributed by atoms with E-state index in [0.717, 1.165) is 48.6 Å². The summed E-state index contributed by atoms with van der Waals surface area (Å²) in [7, 11) is 4.23. The molecular formula is C36H42N8O3. The monoisotopic (exact) mass is 634 g/mol. The molecule has 244 valence electrons. The van der Waals surface area contributed by atoms with E-state index in [1.165, 1.54) is 23.0 Å². The molecule has 1 amide bonds. The lowest BCUT2D eigenvalue weighted by atomic mass is 10.0. The van der Waals surface area contributed by atoms with Gasteiger partial charge >= 0.3 is 12.1 Å². The molecule has 3 aliphatic rings. The zero-order valence-corrected chi connectivity index (χ0v) is 27.2. The Hall–Kier alpha value is -4.82. The van der Waals surface area contributed by atoms with Crippen molar-refractivity contribution >= 4 is 28.5 Å². The minimum atomic E-state index is -0.395. The average molecular weight is 635 g/mol. The third-order valence-electron chi connectivity index (χ3n) is 9.86. The van der Waals surface area contributed by atoms with E-state index in [4.69, 9.17) is 19.4 Å². The summed E-state index contributed by atoms with van der Waals surface area (Å²) in [6, 6.07) is 20.9. The van der Waals surface area contributed by atoms with E-state index >= 15 is 0 Å². The summed E-state index contributed by atoms with van der Waals surface area (Å²) < 4.78 is 14.2. The Morgan fingerprint density at radius 1 is 0.979 bits per heavy atom. The van der Waals surface area contributed by atoms with Gasteiger partial charge in [-0.2, -0.15) is 15.2 Å². The summed E-state index contributed by atoms with van der Waals surface area (Å²) in [6.45, 7) is 4.77. The number of piperazine rings is 1. The zero-order valence-electron chi connectivity index (χ0n) is 27.2. The van der Waals surface area contributed by atoms with E-state index < -0.39 is 6.09 Å². The second-order valence-electron chi connectivity index (χ2n) is 12.9. The van der Waals surface area contributed by atoms with Crippen molar-refractivity contribution in [3.63, 3.8) is 0 Å². The van der Waals surface area contributed by atoms with Crippen LogP contribution < -0.4 is 14.5 Å². The summed E-state index contributed by atoms with van der Waals surface area (Å²) >= 11 is 0. The van der Waals surface area contributed by atoms with E-state index in [1.54, 1.807) is 4.90 Å². The van der Waals surface area contributed by atoms with Gasteiger partial charge in [-0.15, -0.1) is 0 Å². The van der Waals surface area contributed by atoms with Gasteiger partial charge < -0.3 is 33.6 Å². The van der Waals surface area contributed by atoms with Gasteiger partial charge in [-0.25, -0.2) is 4.79 Å². The van der Waals surface area contributed by atoms with E-state index in [0.29, 0.717) is 44.8 Å². The van der Waals surface area contributed by atoms with Crippen LogP contribution in [0.2, 0.25) is 0 Å². The Bertz CT molecular complexity index is 1770. The molecular weight excluding hydrogens is 592 g/mol. The van der Waals surface area contributed by atoms with Crippen molar-refractivity contribution < 1.29 is 14.3 Å². The molecule has 0 spiro atoms. The lowest BCUT2D eigenvalue weighted by molar-refractivity contribution is 0.0767. The van der Waals surface area contributed by atoms with E-state index in [2.05, 4.69) is 69.9 Å². The number of para-hydroxylation sites is 1. The lowest BCUT2D eigenvalue weighted by Gasteiger charge is -2.42. The fourth-order valence-corrected chi connectivity index (χ4v) is 7.24. The standard InChI is InChI=1S/C36H42N8O3/c1-40-17-7-11-29(40)25-46-35-38-31-23-42(32-12-6-10-27-14-18-41(2)33(27)32)19-15-30(31)34(39-35)43-20-21-44(28(22-43)13-16-37)36(45)47-24-26-8-4-3-5-9-26/h3-6,8-10,12,14,18,28-29H,7,11,13,15,17,19-25H2,1-2H3/t28-,29-/m0/s1. The van der Waals surface area contributed by atoms with Crippen molar-refractivity contribution in [3.8, 4) is 12.1 Å². The number of fused-ring (bicyclic) bond motifs is 2. The highest BCUT2D eigenvalue weighted by Crippen LogP contribution is 2.35.